The van der Waals surface area contributed by atoms with Gasteiger partial charge in [0, 0.05) is 17.8 Å². The Balaban J connectivity index is 1.98. The lowest BCUT2D eigenvalue weighted by Gasteiger charge is -2.10. The summed E-state index contributed by atoms with van der Waals surface area (Å²) in [5.41, 5.74) is 3.27. The summed E-state index contributed by atoms with van der Waals surface area (Å²) >= 11 is 0. The zero-order valence-electron chi connectivity index (χ0n) is 13.3. The molecule has 0 aliphatic rings. The minimum atomic E-state index is -0.470. The summed E-state index contributed by atoms with van der Waals surface area (Å²) in [6.45, 7) is 5.49. The Labute approximate surface area is 134 Å². The summed E-state index contributed by atoms with van der Waals surface area (Å²) in [4.78, 5) is 22.2. The number of hydrogen-bond donors (Lipinski definition) is 1. The summed E-state index contributed by atoms with van der Waals surface area (Å²) in [6.07, 6.45) is 0. The van der Waals surface area contributed by atoms with Crippen molar-refractivity contribution in [1.82, 2.24) is 0 Å². The van der Waals surface area contributed by atoms with Crippen LogP contribution in [-0.2, 0) is 4.79 Å². The van der Waals surface area contributed by atoms with Crippen LogP contribution in [0.1, 0.15) is 16.7 Å². The third-order valence-electron chi connectivity index (χ3n) is 3.26. The van der Waals surface area contributed by atoms with E-state index in [0.29, 0.717) is 17.0 Å². The number of benzene rings is 2. The van der Waals surface area contributed by atoms with Crippen LogP contribution in [0.25, 0.3) is 0 Å². The highest BCUT2D eigenvalue weighted by molar-refractivity contribution is 5.92. The first-order valence-corrected chi connectivity index (χ1v) is 7.11. The van der Waals surface area contributed by atoms with Gasteiger partial charge in [0.05, 0.1) is 4.92 Å². The number of aryl methyl sites for hydroxylation is 3. The highest BCUT2D eigenvalue weighted by atomic mass is 16.6. The molecule has 0 aliphatic carbocycles. The minimum Gasteiger partial charge on any atom is -0.484 e. The molecular weight excluding hydrogens is 296 g/mol. The molecular formula is C17H18N2O4. The Morgan fingerprint density at radius 3 is 2.35 bits per heavy atom. The van der Waals surface area contributed by atoms with Crippen LogP contribution in [0.2, 0.25) is 0 Å². The molecule has 6 heteroatoms. The predicted octanol–water partition coefficient (Wildman–Crippen LogP) is 3.54. The fourth-order valence-corrected chi connectivity index (χ4v) is 2.25. The second kappa shape index (κ2) is 6.91. The molecule has 0 radical (unpaired) electrons. The van der Waals surface area contributed by atoms with Crippen molar-refractivity contribution >= 4 is 17.3 Å². The van der Waals surface area contributed by atoms with Gasteiger partial charge in [-0.25, -0.2) is 0 Å². The maximum atomic E-state index is 12.0. The van der Waals surface area contributed by atoms with Crippen LogP contribution in [-0.4, -0.2) is 17.4 Å². The number of amides is 1. The van der Waals surface area contributed by atoms with Crippen molar-refractivity contribution in [3.63, 3.8) is 0 Å². The van der Waals surface area contributed by atoms with Crippen molar-refractivity contribution in [1.29, 1.82) is 0 Å². The first-order valence-electron chi connectivity index (χ1n) is 7.11. The third kappa shape index (κ3) is 4.54. The van der Waals surface area contributed by atoms with Crippen molar-refractivity contribution in [2.45, 2.75) is 20.8 Å². The SMILES string of the molecule is Cc1cc(C)cc(OCC(=O)Nc2ccc([N+](=O)[O-])cc2C)c1. The first kappa shape index (κ1) is 16.5. The van der Waals surface area contributed by atoms with Crippen LogP contribution in [0.5, 0.6) is 5.75 Å². The molecule has 0 saturated carbocycles. The highest BCUT2D eigenvalue weighted by Crippen LogP contribution is 2.21. The Morgan fingerprint density at radius 2 is 1.78 bits per heavy atom. The van der Waals surface area contributed by atoms with E-state index < -0.39 is 4.92 Å². The number of anilines is 1. The second-order valence-corrected chi connectivity index (χ2v) is 5.42. The maximum absolute atomic E-state index is 12.0. The van der Waals surface area contributed by atoms with Crippen molar-refractivity contribution in [3.8, 4) is 5.75 Å². The summed E-state index contributed by atoms with van der Waals surface area (Å²) < 4.78 is 5.48. The molecule has 6 nitrogen and oxygen atoms in total. The van der Waals surface area contributed by atoms with Gasteiger partial charge in [0.1, 0.15) is 5.75 Å². The maximum Gasteiger partial charge on any atom is 0.269 e. The molecule has 0 fully saturated rings. The number of carbonyl (C=O) groups excluding carboxylic acids is 1. The standard InChI is InChI=1S/C17H18N2O4/c1-11-6-12(2)8-15(7-11)23-10-17(20)18-16-5-4-14(19(21)22)9-13(16)3/h4-9H,10H2,1-3H3,(H,18,20). The molecule has 2 aromatic rings. The topological polar surface area (TPSA) is 81.5 Å². The lowest BCUT2D eigenvalue weighted by Crippen LogP contribution is -2.20. The quantitative estimate of drug-likeness (QED) is 0.676. The number of nitro groups is 1. The highest BCUT2D eigenvalue weighted by Gasteiger charge is 2.10. The fourth-order valence-electron chi connectivity index (χ4n) is 2.25. The summed E-state index contributed by atoms with van der Waals surface area (Å²) in [7, 11) is 0. The van der Waals surface area contributed by atoms with Crippen LogP contribution >= 0.6 is 0 Å². The van der Waals surface area contributed by atoms with Gasteiger partial charge in [-0.05, 0) is 55.7 Å². The molecule has 0 aliphatic heterocycles. The average Bonchev–Trinajstić information content (AvgIpc) is 2.46. The fraction of sp³-hybridized carbons (Fsp3) is 0.235. The van der Waals surface area contributed by atoms with Gasteiger partial charge in [-0.2, -0.15) is 0 Å². The molecule has 0 heterocycles. The molecule has 2 aromatic carbocycles. The van der Waals surface area contributed by atoms with Crippen LogP contribution < -0.4 is 10.1 Å². The number of nitrogens with zero attached hydrogens (tertiary/aromatic N) is 1. The largest absolute Gasteiger partial charge is 0.484 e. The number of nitro benzene ring substituents is 1. The van der Waals surface area contributed by atoms with E-state index in [-0.39, 0.29) is 18.2 Å². The van der Waals surface area contributed by atoms with Gasteiger partial charge in [0.2, 0.25) is 0 Å². The molecule has 0 saturated heterocycles. The Bertz CT molecular complexity index is 736. The normalized spacial score (nSPS) is 10.2. The van der Waals surface area contributed by atoms with E-state index in [4.69, 9.17) is 4.74 Å². The molecule has 0 aromatic heterocycles. The van der Waals surface area contributed by atoms with Crippen LogP contribution in [0, 0.1) is 30.9 Å². The number of ether oxygens (including phenoxy) is 1. The summed E-state index contributed by atoms with van der Waals surface area (Å²) in [5.74, 6) is 0.319. The van der Waals surface area contributed by atoms with Gasteiger partial charge >= 0.3 is 0 Å². The second-order valence-electron chi connectivity index (χ2n) is 5.42. The van der Waals surface area contributed by atoms with Crippen LogP contribution in [0.15, 0.2) is 36.4 Å². The Hall–Kier alpha value is -2.89. The lowest BCUT2D eigenvalue weighted by atomic mass is 10.1. The third-order valence-corrected chi connectivity index (χ3v) is 3.26. The van der Waals surface area contributed by atoms with Crippen molar-refractivity contribution in [3.05, 3.63) is 63.2 Å². The van der Waals surface area contributed by atoms with E-state index in [2.05, 4.69) is 5.32 Å². The monoisotopic (exact) mass is 314 g/mol. The Morgan fingerprint density at radius 1 is 1.13 bits per heavy atom. The van der Waals surface area contributed by atoms with Crippen LogP contribution in [0.4, 0.5) is 11.4 Å². The van der Waals surface area contributed by atoms with E-state index in [1.165, 1.54) is 18.2 Å². The molecule has 0 unspecified atom stereocenters. The zero-order valence-corrected chi connectivity index (χ0v) is 13.3. The van der Waals surface area contributed by atoms with Gasteiger partial charge in [0.15, 0.2) is 6.61 Å². The number of rotatable bonds is 5. The molecule has 2 rings (SSSR count). The molecule has 1 amide bonds. The number of non-ortho nitro benzene ring substituents is 1. The predicted molar refractivity (Wildman–Crippen MR) is 87.9 cm³/mol. The van der Waals surface area contributed by atoms with Crippen LogP contribution in [0.3, 0.4) is 0 Å². The lowest BCUT2D eigenvalue weighted by molar-refractivity contribution is -0.384. The van der Waals surface area contributed by atoms with Crippen molar-refractivity contribution in [2.75, 3.05) is 11.9 Å². The Kier molecular flexibility index (Phi) is 4.95. The van der Waals surface area contributed by atoms with Crippen molar-refractivity contribution in [2.24, 2.45) is 0 Å². The minimum absolute atomic E-state index is 0.00742. The van der Waals surface area contributed by atoms with Gasteiger partial charge in [-0.3, -0.25) is 14.9 Å². The smallest absolute Gasteiger partial charge is 0.269 e. The van der Waals surface area contributed by atoms with Crippen molar-refractivity contribution < 1.29 is 14.5 Å². The number of nitrogens with one attached hydrogen (secondary N) is 1. The molecule has 23 heavy (non-hydrogen) atoms. The molecule has 1 N–H and O–H groups in total. The average molecular weight is 314 g/mol. The van der Waals surface area contributed by atoms with Gasteiger partial charge in [-0.1, -0.05) is 6.07 Å². The van der Waals surface area contributed by atoms with E-state index in [9.17, 15) is 14.9 Å². The summed E-state index contributed by atoms with van der Waals surface area (Å²) in [5, 5.41) is 13.4. The first-order chi connectivity index (χ1) is 10.8. The zero-order chi connectivity index (χ0) is 17.0. The van der Waals surface area contributed by atoms with Gasteiger partial charge in [0.25, 0.3) is 11.6 Å². The van der Waals surface area contributed by atoms with E-state index in [1.54, 1.807) is 6.92 Å². The number of carbonyl (C=O) groups is 1. The molecule has 120 valence electrons. The van der Waals surface area contributed by atoms with E-state index in [1.807, 2.05) is 32.0 Å². The summed E-state index contributed by atoms with van der Waals surface area (Å²) in [6, 6.07) is 10.0. The number of hydrogen-bond acceptors (Lipinski definition) is 4. The van der Waals surface area contributed by atoms with E-state index >= 15 is 0 Å². The molecule has 0 atom stereocenters. The molecule has 0 bridgehead atoms. The van der Waals surface area contributed by atoms with E-state index in [0.717, 1.165) is 11.1 Å². The molecule has 0 spiro atoms. The van der Waals surface area contributed by atoms with Gasteiger partial charge in [-0.15, -0.1) is 0 Å². The van der Waals surface area contributed by atoms with Gasteiger partial charge < -0.3 is 10.1 Å².